The fourth-order valence-electron chi connectivity index (χ4n) is 2.91. The van der Waals surface area contributed by atoms with Crippen LogP contribution in [0.5, 0.6) is 0 Å². The maximum atomic E-state index is 13.3. The Morgan fingerprint density at radius 1 is 1.32 bits per heavy atom. The molecule has 3 unspecified atom stereocenters. The third kappa shape index (κ3) is 3.12. The van der Waals surface area contributed by atoms with Crippen molar-refractivity contribution in [2.45, 2.75) is 38.8 Å². The van der Waals surface area contributed by atoms with E-state index in [1.54, 1.807) is 6.07 Å². The van der Waals surface area contributed by atoms with Crippen LogP contribution < -0.4 is 5.73 Å². The molecule has 0 saturated carbocycles. The molecule has 1 fully saturated rings. The Labute approximate surface area is 113 Å². The molecule has 1 aromatic rings. The first-order valence-electron chi connectivity index (χ1n) is 6.93. The molecule has 106 valence electrons. The quantitative estimate of drug-likeness (QED) is 0.912. The van der Waals surface area contributed by atoms with E-state index < -0.39 is 11.6 Å². The van der Waals surface area contributed by atoms with Crippen molar-refractivity contribution in [1.29, 1.82) is 0 Å². The number of rotatable bonds is 3. The van der Waals surface area contributed by atoms with Gasteiger partial charge in [-0.15, -0.1) is 0 Å². The molecule has 0 aliphatic carbocycles. The molecule has 0 aromatic heterocycles. The number of nitrogens with zero attached hydrogens (tertiary/aromatic N) is 1. The number of hydrogen-bond acceptors (Lipinski definition) is 2. The lowest BCUT2D eigenvalue weighted by atomic mass is 9.91. The summed E-state index contributed by atoms with van der Waals surface area (Å²) < 4.78 is 26.3. The van der Waals surface area contributed by atoms with Gasteiger partial charge in [-0.05, 0) is 56.8 Å². The summed E-state index contributed by atoms with van der Waals surface area (Å²) in [6.45, 7) is 5.84. The normalized spacial score (nSPS) is 26.4. The average molecular weight is 268 g/mol. The summed E-state index contributed by atoms with van der Waals surface area (Å²) in [6, 6.07) is 4.71. The van der Waals surface area contributed by atoms with Crippen molar-refractivity contribution < 1.29 is 8.78 Å². The zero-order chi connectivity index (χ0) is 14.0. The second kappa shape index (κ2) is 5.97. The molecule has 1 aromatic carbocycles. The van der Waals surface area contributed by atoms with Crippen LogP contribution in [0.1, 0.15) is 38.3 Å². The molecule has 0 radical (unpaired) electrons. The first-order valence-corrected chi connectivity index (χ1v) is 6.93. The molecule has 0 amide bonds. The van der Waals surface area contributed by atoms with Crippen LogP contribution in [0.25, 0.3) is 0 Å². The summed E-state index contributed by atoms with van der Waals surface area (Å²) in [5, 5.41) is 0. The second-order valence-corrected chi connectivity index (χ2v) is 5.57. The fourth-order valence-corrected chi connectivity index (χ4v) is 2.91. The molecular formula is C15H22F2N2. The Hall–Kier alpha value is -1.00. The molecule has 1 saturated heterocycles. The van der Waals surface area contributed by atoms with Crippen molar-refractivity contribution >= 4 is 0 Å². The molecule has 1 aliphatic rings. The summed E-state index contributed by atoms with van der Waals surface area (Å²) >= 11 is 0. The van der Waals surface area contributed by atoms with E-state index in [9.17, 15) is 8.78 Å². The van der Waals surface area contributed by atoms with Gasteiger partial charge in [-0.3, -0.25) is 4.90 Å². The molecule has 1 aliphatic heterocycles. The second-order valence-electron chi connectivity index (χ2n) is 5.57. The van der Waals surface area contributed by atoms with Crippen LogP contribution in [-0.4, -0.2) is 24.0 Å². The summed E-state index contributed by atoms with van der Waals surface area (Å²) in [7, 11) is 0. The summed E-state index contributed by atoms with van der Waals surface area (Å²) in [6.07, 6.45) is 2.26. The number of nitrogens with two attached hydrogens (primary N) is 1. The van der Waals surface area contributed by atoms with E-state index in [0.717, 1.165) is 24.9 Å². The largest absolute Gasteiger partial charge is 0.330 e. The van der Waals surface area contributed by atoms with E-state index in [1.165, 1.54) is 12.1 Å². The van der Waals surface area contributed by atoms with Gasteiger partial charge in [0.1, 0.15) is 0 Å². The van der Waals surface area contributed by atoms with Crippen LogP contribution in [0.4, 0.5) is 8.78 Å². The molecule has 2 nitrogen and oxygen atoms in total. The fraction of sp³-hybridized carbons (Fsp3) is 0.600. The lowest BCUT2D eigenvalue weighted by Crippen LogP contribution is -2.45. The molecule has 2 N–H and O–H groups in total. The maximum absolute atomic E-state index is 13.3. The van der Waals surface area contributed by atoms with Crippen LogP contribution in [0.3, 0.4) is 0 Å². The van der Waals surface area contributed by atoms with Crippen LogP contribution >= 0.6 is 0 Å². The number of hydrogen-bond donors (Lipinski definition) is 1. The van der Waals surface area contributed by atoms with Crippen molar-refractivity contribution in [3.8, 4) is 0 Å². The van der Waals surface area contributed by atoms with Crippen molar-refractivity contribution in [1.82, 2.24) is 4.90 Å². The SMILES string of the molecule is CC1CCC(CN)CN1C(C)c1ccc(F)c(F)c1. The number of halogens is 2. The van der Waals surface area contributed by atoms with Crippen molar-refractivity contribution in [2.75, 3.05) is 13.1 Å². The first-order chi connectivity index (χ1) is 9.02. The molecule has 1 heterocycles. The monoisotopic (exact) mass is 268 g/mol. The van der Waals surface area contributed by atoms with E-state index in [2.05, 4.69) is 11.8 Å². The number of likely N-dealkylation sites (tertiary alicyclic amines) is 1. The van der Waals surface area contributed by atoms with E-state index in [0.29, 0.717) is 18.5 Å². The topological polar surface area (TPSA) is 29.3 Å². The van der Waals surface area contributed by atoms with Crippen LogP contribution in [0.2, 0.25) is 0 Å². The molecule has 0 spiro atoms. The van der Waals surface area contributed by atoms with Gasteiger partial charge >= 0.3 is 0 Å². The third-order valence-electron chi connectivity index (χ3n) is 4.28. The lowest BCUT2D eigenvalue weighted by molar-refractivity contribution is 0.0811. The Morgan fingerprint density at radius 2 is 2.05 bits per heavy atom. The minimum Gasteiger partial charge on any atom is -0.330 e. The van der Waals surface area contributed by atoms with Crippen molar-refractivity contribution in [2.24, 2.45) is 11.7 Å². The molecule has 19 heavy (non-hydrogen) atoms. The van der Waals surface area contributed by atoms with E-state index in [-0.39, 0.29) is 6.04 Å². The molecule has 2 rings (SSSR count). The predicted octanol–water partition coefficient (Wildman–Crippen LogP) is 3.09. The van der Waals surface area contributed by atoms with Crippen LogP contribution in [0, 0.1) is 17.6 Å². The minimum absolute atomic E-state index is 0.0828. The van der Waals surface area contributed by atoms with E-state index >= 15 is 0 Å². The maximum Gasteiger partial charge on any atom is 0.159 e. The third-order valence-corrected chi connectivity index (χ3v) is 4.28. The number of benzene rings is 1. The zero-order valence-corrected chi connectivity index (χ0v) is 11.6. The van der Waals surface area contributed by atoms with Crippen molar-refractivity contribution in [3.05, 3.63) is 35.4 Å². The van der Waals surface area contributed by atoms with Gasteiger partial charge in [0.05, 0.1) is 0 Å². The van der Waals surface area contributed by atoms with Gasteiger partial charge in [0.15, 0.2) is 11.6 Å². The zero-order valence-electron chi connectivity index (χ0n) is 11.6. The summed E-state index contributed by atoms with van der Waals surface area (Å²) in [5.41, 5.74) is 6.58. The van der Waals surface area contributed by atoms with Gasteiger partial charge in [-0.1, -0.05) is 6.07 Å². The van der Waals surface area contributed by atoms with Gasteiger partial charge in [0.25, 0.3) is 0 Å². The van der Waals surface area contributed by atoms with Gasteiger partial charge in [-0.25, -0.2) is 8.78 Å². The molecule has 3 atom stereocenters. The van der Waals surface area contributed by atoms with Crippen LogP contribution in [0.15, 0.2) is 18.2 Å². The highest BCUT2D eigenvalue weighted by Gasteiger charge is 2.29. The smallest absolute Gasteiger partial charge is 0.159 e. The molecule has 0 bridgehead atoms. The Morgan fingerprint density at radius 3 is 2.68 bits per heavy atom. The summed E-state index contributed by atoms with van der Waals surface area (Å²) in [4.78, 5) is 2.34. The molecule has 4 heteroatoms. The van der Waals surface area contributed by atoms with E-state index in [1.807, 2.05) is 6.92 Å². The Balaban J connectivity index is 2.16. The van der Waals surface area contributed by atoms with Crippen molar-refractivity contribution in [3.63, 3.8) is 0 Å². The van der Waals surface area contributed by atoms with Gasteiger partial charge in [-0.2, -0.15) is 0 Å². The Bertz CT molecular complexity index is 436. The van der Waals surface area contributed by atoms with Gasteiger partial charge < -0.3 is 5.73 Å². The summed E-state index contributed by atoms with van der Waals surface area (Å²) in [5.74, 6) is -1.06. The van der Waals surface area contributed by atoms with E-state index in [4.69, 9.17) is 5.73 Å². The standard InChI is InChI=1S/C15H22F2N2/c1-10-3-4-12(8-18)9-19(10)11(2)13-5-6-14(16)15(17)7-13/h5-7,10-12H,3-4,8-9,18H2,1-2H3. The van der Waals surface area contributed by atoms with Gasteiger partial charge in [0, 0.05) is 18.6 Å². The van der Waals surface area contributed by atoms with Gasteiger partial charge in [0.2, 0.25) is 0 Å². The highest BCUT2D eigenvalue weighted by molar-refractivity contribution is 5.21. The number of piperidine rings is 1. The predicted molar refractivity (Wildman–Crippen MR) is 72.7 cm³/mol. The highest BCUT2D eigenvalue weighted by Crippen LogP contribution is 2.30. The first kappa shape index (κ1) is 14.4. The minimum atomic E-state index is -0.789. The lowest BCUT2D eigenvalue weighted by Gasteiger charge is -2.41. The van der Waals surface area contributed by atoms with Crippen LogP contribution in [-0.2, 0) is 0 Å². The highest BCUT2D eigenvalue weighted by atomic mass is 19.2. The molecular weight excluding hydrogens is 246 g/mol. The Kier molecular flexibility index (Phi) is 4.53. The average Bonchev–Trinajstić information content (AvgIpc) is 2.41.